The Labute approximate surface area is 104 Å². The number of nitrogens with two attached hydrogens (primary N) is 1. The highest BCUT2D eigenvalue weighted by Gasteiger charge is 2.39. The summed E-state index contributed by atoms with van der Waals surface area (Å²) in [7, 11) is 0. The highest BCUT2D eigenvalue weighted by atomic mass is 32.2. The Morgan fingerprint density at radius 2 is 2.19 bits per heavy atom. The first kappa shape index (κ1) is 14.3. The Balaban J connectivity index is 2.08. The summed E-state index contributed by atoms with van der Waals surface area (Å²) < 4.78 is 0. The van der Waals surface area contributed by atoms with Gasteiger partial charge in [-0.15, -0.1) is 0 Å². The van der Waals surface area contributed by atoms with E-state index in [1.54, 1.807) is 0 Å². The van der Waals surface area contributed by atoms with E-state index in [0.29, 0.717) is 12.5 Å². The molecule has 96 valence electrons. The molecule has 0 aliphatic heterocycles. The van der Waals surface area contributed by atoms with E-state index in [9.17, 15) is 5.11 Å². The van der Waals surface area contributed by atoms with E-state index >= 15 is 0 Å². The Bertz CT molecular complexity index is 189. The van der Waals surface area contributed by atoms with Crippen LogP contribution < -0.4 is 5.73 Å². The summed E-state index contributed by atoms with van der Waals surface area (Å²) in [5.41, 5.74) is 5.13. The van der Waals surface area contributed by atoms with E-state index < -0.39 is 5.60 Å². The third-order valence-electron chi connectivity index (χ3n) is 3.78. The Morgan fingerprint density at radius 1 is 1.38 bits per heavy atom. The van der Waals surface area contributed by atoms with Crippen molar-refractivity contribution in [2.45, 2.75) is 57.5 Å². The zero-order valence-electron chi connectivity index (χ0n) is 10.6. The van der Waals surface area contributed by atoms with Crippen molar-refractivity contribution >= 4 is 11.8 Å². The number of thioether (sulfide) groups is 1. The van der Waals surface area contributed by atoms with Crippen molar-refractivity contribution in [1.29, 1.82) is 0 Å². The molecule has 1 aliphatic carbocycles. The summed E-state index contributed by atoms with van der Waals surface area (Å²) >= 11 is 2.04. The zero-order valence-corrected chi connectivity index (χ0v) is 11.4. The topological polar surface area (TPSA) is 46.2 Å². The van der Waals surface area contributed by atoms with E-state index in [0.717, 1.165) is 19.3 Å². The zero-order chi connectivity index (χ0) is 11.9. The van der Waals surface area contributed by atoms with Crippen LogP contribution in [0.3, 0.4) is 0 Å². The molecule has 2 nitrogen and oxygen atoms in total. The lowest BCUT2D eigenvalue weighted by Gasteiger charge is -2.28. The van der Waals surface area contributed by atoms with Crippen molar-refractivity contribution < 1.29 is 5.11 Å². The maximum atomic E-state index is 10.3. The van der Waals surface area contributed by atoms with Crippen LogP contribution in [0, 0.1) is 5.92 Å². The minimum atomic E-state index is -0.538. The van der Waals surface area contributed by atoms with Crippen molar-refractivity contribution in [1.82, 2.24) is 0 Å². The van der Waals surface area contributed by atoms with E-state index in [-0.39, 0.29) is 0 Å². The third-order valence-corrected chi connectivity index (χ3v) is 4.88. The predicted molar refractivity (Wildman–Crippen MR) is 72.8 cm³/mol. The summed E-state index contributed by atoms with van der Waals surface area (Å²) in [6.45, 7) is 2.68. The van der Waals surface area contributed by atoms with Gasteiger partial charge in [0.05, 0.1) is 5.60 Å². The van der Waals surface area contributed by atoms with Gasteiger partial charge in [0.25, 0.3) is 0 Å². The highest BCUT2D eigenvalue weighted by Crippen LogP contribution is 2.37. The molecule has 1 aliphatic rings. The van der Waals surface area contributed by atoms with Crippen LogP contribution in [0.4, 0.5) is 0 Å². The molecule has 1 fully saturated rings. The lowest BCUT2D eigenvalue weighted by Crippen LogP contribution is -2.41. The first-order valence-corrected chi connectivity index (χ1v) is 7.88. The van der Waals surface area contributed by atoms with E-state index in [1.165, 1.54) is 37.2 Å². The van der Waals surface area contributed by atoms with Gasteiger partial charge in [-0.1, -0.05) is 26.2 Å². The monoisotopic (exact) mass is 245 g/mol. The smallest absolute Gasteiger partial charge is 0.0797 e. The minimum Gasteiger partial charge on any atom is -0.388 e. The first-order chi connectivity index (χ1) is 7.73. The van der Waals surface area contributed by atoms with Crippen LogP contribution in [-0.4, -0.2) is 28.8 Å². The van der Waals surface area contributed by atoms with Gasteiger partial charge in [0.15, 0.2) is 0 Å². The van der Waals surface area contributed by atoms with Crippen LogP contribution in [0.1, 0.15) is 51.9 Å². The van der Waals surface area contributed by atoms with E-state index in [4.69, 9.17) is 5.73 Å². The number of unbranched alkanes of at least 4 members (excludes halogenated alkanes) is 2. The van der Waals surface area contributed by atoms with Crippen molar-refractivity contribution in [3.8, 4) is 0 Å². The molecule has 0 bridgehead atoms. The van der Waals surface area contributed by atoms with Crippen LogP contribution in [0.25, 0.3) is 0 Å². The van der Waals surface area contributed by atoms with Crippen LogP contribution in [0.15, 0.2) is 0 Å². The largest absolute Gasteiger partial charge is 0.388 e. The average Bonchev–Trinajstić information content (AvgIpc) is 2.66. The molecule has 3 heteroatoms. The SMILES string of the molecule is CCCCCSCCC1CCCC1(O)CN. The molecule has 2 unspecified atom stereocenters. The van der Waals surface area contributed by atoms with Gasteiger partial charge >= 0.3 is 0 Å². The summed E-state index contributed by atoms with van der Waals surface area (Å²) in [6.07, 6.45) is 8.37. The summed E-state index contributed by atoms with van der Waals surface area (Å²) in [4.78, 5) is 0. The number of hydrogen-bond donors (Lipinski definition) is 2. The lowest BCUT2D eigenvalue weighted by molar-refractivity contribution is 0.0104. The van der Waals surface area contributed by atoms with Crippen molar-refractivity contribution in [3.63, 3.8) is 0 Å². The molecule has 1 saturated carbocycles. The van der Waals surface area contributed by atoms with Crippen LogP contribution in [-0.2, 0) is 0 Å². The molecule has 1 rings (SSSR count). The molecule has 0 spiro atoms. The van der Waals surface area contributed by atoms with E-state index in [2.05, 4.69) is 6.92 Å². The second-order valence-corrected chi connectivity index (χ2v) is 6.23. The molecule has 0 aromatic heterocycles. The van der Waals surface area contributed by atoms with Gasteiger partial charge in [-0.05, 0) is 43.1 Å². The number of hydrogen-bond acceptors (Lipinski definition) is 3. The quantitative estimate of drug-likeness (QED) is 0.646. The normalized spacial score (nSPS) is 29.8. The van der Waals surface area contributed by atoms with Crippen molar-refractivity contribution in [2.24, 2.45) is 11.7 Å². The molecule has 2 atom stereocenters. The van der Waals surface area contributed by atoms with Crippen LogP contribution in [0.2, 0.25) is 0 Å². The Hall–Kier alpha value is 0.270. The van der Waals surface area contributed by atoms with E-state index in [1.807, 2.05) is 11.8 Å². The summed E-state index contributed by atoms with van der Waals surface area (Å²) in [5.74, 6) is 2.93. The van der Waals surface area contributed by atoms with Gasteiger partial charge in [0.1, 0.15) is 0 Å². The first-order valence-electron chi connectivity index (χ1n) is 6.73. The van der Waals surface area contributed by atoms with Gasteiger partial charge in [0, 0.05) is 6.54 Å². The molecule has 0 amide bonds. The van der Waals surface area contributed by atoms with Gasteiger partial charge in [-0.2, -0.15) is 11.8 Å². The van der Waals surface area contributed by atoms with Crippen molar-refractivity contribution in [2.75, 3.05) is 18.1 Å². The molecule has 3 N–H and O–H groups in total. The van der Waals surface area contributed by atoms with Gasteiger partial charge < -0.3 is 10.8 Å². The highest BCUT2D eigenvalue weighted by molar-refractivity contribution is 7.99. The fourth-order valence-electron chi connectivity index (χ4n) is 2.59. The molecule has 0 aromatic carbocycles. The van der Waals surface area contributed by atoms with Crippen LogP contribution >= 0.6 is 11.8 Å². The van der Waals surface area contributed by atoms with Gasteiger partial charge in [0.2, 0.25) is 0 Å². The molecule has 0 radical (unpaired) electrons. The molecule has 0 heterocycles. The van der Waals surface area contributed by atoms with Crippen molar-refractivity contribution in [3.05, 3.63) is 0 Å². The fraction of sp³-hybridized carbons (Fsp3) is 1.00. The number of rotatable bonds is 8. The average molecular weight is 245 g/mol. The molecule has 16 heavy (non-hydrogen) atoms. The second-order valence-electron chi connectivity index (χ2n) is 5.01. The number of aliphatic hydroxyl groups is 1. The molecular weight excluding hydrogens is 218 g/mol. The maximum Gasteiger partial charge on any atom is 0.0797 e. The Kier molecular flexibility index (Phi) is 6.78. The minimum absolute atomic E-state index is 0.443. The standard InChI is InChI=1S/C13H27NOS/c1-2-3-4-9-16-10-7-12-6-5-8-13(12,15)11-14/h12,15H,2-11,14H2,1H3. The fourth-order valence-corrected chi connectivity index (χ4v) is 3.65. The summed E-state index contributed by atoms with van der Waals surface area (Å²) in [6, 6.07) is 0. The summed E-state index contributed by atoms with van der Waals surface area (Å²) in [5, 5.41) is 10.3. The maximum absolute atomic E-state index is 10.3. The second kappa shape index (κ2) is 7.57. The lowest BCUT2D eigenvalue weighted by atomic mass is 9.89. The van der Waals surface area contributed by atoms with Gasteiger partial charge in [-0.3, -0.25) is 0 Å². The predicted octanol–water partition coefficient (Wildman–Crippen LogP) is 2.79. The molecule has 0 aromatic rings. The van der Waals surface area contributed by atoms with Crippen LogP contribution in [0.5, 0.6) is 0 Å². The Morgan fingerprint density at radius 3 is 2.88 bits per heavy atom. The molecule has 0 saturated heterocycles. The molecular formula is C13H27NOS. The third kappa shape index (κ3) is 4.27. The van der Waals surface area contributed by atoms with Gasteiger partial charge in [-0.25, -0.2) is 0 Å².